The van der Waals surface area contributed by atoms with Crippen LogP contribution < -0.4 is 26.2 Å². The SMILES string of the molecule is C=C1C=C(Nc2ccc(C)cc2F)c2c(n(-c3ccc(I)cc3F)c(=O)n(Cc3ccc(OC)cc3)c2=O)N1C. The number of rotatable bonds is 6. The molecule has 0 bridgehead atoms. The number of likely N-dealkylation sites (N-methyl/N-ethyl adjacent to an activating group) is 1. The molecule has 204 valence electrons. The molecular formula is C30H25F2IN4O3. The van der Waals surface area contributed by atoms with Crippen LogP contribution in [0.5, 0.6) is 5.75 Å². The van der Waals surface area contributed by atoms with Crippen LogP contribution in [0.1, 0.15) is 16.7 Å². The normalized spacial score (nSPS) is 12.7. The predicted molar refractivity (Wildman–Crippen MR) is 161 cm³/mol. The molecule has 7 nitrogen and oxygen atoms in total. The van der Waals surface area contributed by atoms with Gasteiger partial charge >= 0.3 is 5.69 Å². The van der Waals surface area contributed by atoms with Crippen molar-refractivity contribution in [1.29, 1.82) is 0 Å². The number of benzene rings is 3. The summed E-state index contributed by atoms with van der Waals surface area (Å²) in [6, 6.07) is 16.1. The number of halogens is 3. The smallest absolute Gasteiger partial charge is 0.337 e. The molecule has 0 saturated heterocycles. The number of allylic oxidation sites excluding steroid dienone is 1. The zero-order valence-electron chi connectivity index (χ0n) is 22.0. The van der Waals surface area contributed by atoms with Crippen LogP contribution in [0.4, 0.5) is 20.3 Å². The monoisotopic (exact) mass is 654 g/mol. The Kier molecular flexibility index (Phi) is 7.37. The molecule has 4 aromatic rings. The van der Waals surface area contributed by atoms with Gasteiger partial charge in [-0.15, -0.1) is 0 Å². The molecule has 40 heavy (non-hydrogen) atoms. The van der Waals surface area contributed by atoms with Gasteiger partial charge in [0.1, 0.15) is 28.8 Å². The summed E-state index contributed by atoms with van der Waals surface area (Å²) in [5.74, 6) is -0.417. The predicted octanol–water partition coefficient (Wildman–Crippen LogP) is 5.66. The summed E-state index contributed by atoms with van der Waals surface area (Å²) in [7, 11) is 3.17. The second-order valence-corrected chi connectivity index (χ2v) is 10.6. The zero-order valence-corrected chi connectivity index (χ0v) is 24.1. The minimum Gasteiger partial charge on any atom is -0.497 e. The quantitative estimate of drug-likeness (QED) is 0.272. The Labute approximate surface area is 242 Å². The highest BCUT2D eigenvalue weighted by molar-refractivity contribution is 14.1. The van der Waals surface area contributed by atoms with E-state index in [1.54, 1.807) is 74.5 Å². The molecule has 5 rings (SSSR count). The molecule has 0 radical (unpaired) electrons. The van der Waals surface area contributed by atoms with E-state index in [-0.39, 0.29) is 35.0 Å². The number of aromatic nitrogens is 2. The van der Waals surface area contributed by atoms with E-state index in [1.807, 2.05) is 22.6 Å². The molecule has 0 aliphatic carbocycles. The van der Waals surface area contributed by atoms with E-state index in [1.165, 1.54) is 18.2 Å². The Bertz CT molecular complexity index is 1810. The molecule has 10 heteroatoms. The van der Waals surface area contributed by atoms with Crippen LogP contribution in [0.2, 0.25) is 0 Å². The Morgan fingerprint density at radius 3 is 2.38 bits per heavy atom. The lowest BCUT2D eigenvalue weighted by atomic mass is 10.1. The maximum atomic E-state index is 15.4. The number of ether oxygens (including phenoxy) is 1. The van der Waals surface area contributed by atoms with Crippen molar-refractivity contribution in [2.24, 2.45) is 0 Å². The van der Waals surface area contributed by atoms with Gasteiger partial charge in [-0.1, -0.05) is 24.8 Å². The topological polar surface area (TPSA) is 68.5 Å². The summed E-state index contributed by atoms with van der Waals surface area (Å²) in [5, 5.41) is 3.01. The highest BCUT2D eigenvalue weighted by Gasteiger charge is 2.31. The Morgan fingerprint density at radius 1 is 1.00 bits per heavy atom. The van der Waals surface area contributed by atoms with E-state index in [4.69, 9.17) is 4.74 Å². The van der Waals surface area contributed by atoms with Gasteiger partial charge in [0.15, 0.2) is 0 Å². The Balaban J connectivity index is 1.79. The molecule has 0 atom stereocenters. The third-order valence-electron chi connectivity index (χ3n) is 6.69. The first-order valence-electron chi connectivity index (χ1n) is 12.2. The van der Waals surface area contributed by atoms with Crippen LogP contribution in [0.15, 0.2) is 88.6 Å². The van der Waals surface area contributed by atoms with Gasteiger partial charge in [-0.3, -0.25) is 9.36 Å². The van der Waals surface area contributed by atoms with Crippen LogP contribution in [-0.2, 0) is 6.54 Å². The Hall–Kier alpha value is -4.19. The van der Waals surface area contributed by atoms with E-state index in [0.717, 1.165) is 14.7 Å². The molecule has 0 spiro atoms. The van der Waals surface area contributed by atoms with Crippen LogP contribution >= 0.6 is 22.6 Å². The molecule has 2 heterocycles. The van der Waals surface area contributed by atoms with Crippen LogP contribution in [-0.4, -0.2) is 23.3 Å². The number of fused-ring (bicyclic) bond motifs is 1. The van der Waals surface area contributed by atoms with Crippen LogP contribution in [0.25, 0.3) is 11.4 Å². The van der Waals surface area contributed by atoms with Crippen molar-refractivity contribution in [2.75, 3.05) is 24.4 Å². The molecule has 1 N–H and O–H groups in total. The number of hydrogen-bond acceptors (Lipinski definition) is 5. The van der Waals surface area contributed by atoms with Crippen LogP contribution in [0.3, 0.4) is 0 Å². The van der Waals surface area contributed by atoms with E-state index >= 15 is 4.39 Å². The summed E-state index contributed by atoms with van der Waals surface area (Å²) in [5.41, 5.74) is 0.850. The summed E-state index contributed by atoms with van der Waals surface area (Å²) in [6.07, 6.45) is 1.60. The first-order valence-corrected chi connectivity index (χ1v) is 13.3. The summed E-state index contributed by atoms with van der Waals surface area (Å²) in [6.45, 7) is 5.73. The third kappa shape index (κ3) is 4.94. The maximum Gasteiger partial charge on any atom is 0.337 e. The van der Waals surface area contributed by atoms with Crippen molar-refractivity contribution >= 4 is 39.8 Å². The average molecular weight is 654 g/mol. The van der Waals surface area contributed by atoms with E-state index in [9.17, 15) is 14.0 Å². The lowest BCUT2D eigenvalue weighted by molar-refractivity contribution is 0.414. The fourth-order valence-electron chi connectivity index (χ4n) is 4.56. The third-order valence-corrected chi connectivity index (χ3v) is 7.36. The molecule has 1 aromatic heterocycles. The van der Waals surface area contributed by atoms with E-state index in [2.05, 4.69) is 11.9 Å². The number of aryl methyl sites for hydroxylation is 1. The van der Waals surface area contributed by atoms with Crippen molar-refractivity contribution < 1.29 is 13.5 Å². The van der Waals surface area contributed by atoms with Gasteiger partial charge < -0.3 is 15.0 Å². The molecule has 0 fully saturated rings. The lowest BCUT2D eigenvalue weighted by Gasteiger charge is -2.32. The first kappa shape index (κ1) is 27.4. The Morgan fingerprint density at radius 2 is 1.73 bits per heavy atom. The van der Waals surface area contributed by atoms with Gasteiger partial charge in [0, 0.05) is 16.3 Å². The standard InChI is InChI=1S/C30H25F2IN4O3/c1-17-5-11-24(22(31)13-17)34-25-14-18(2)35(3)28-27(25)29(38)36(16-19-6-9-21(40-4)10-7-19)30(39)37(28)26-12-8-20(33)15-23(26)32/h5-15,34H,2,16H2,1,3-4H3. The largest absolute Gasteiger partial charge is 0.497 e. The number of nitrogens with zero attached hydrogens (tertiary/aromatic N) is 3. The fraction of sp³-hybridized carbons (Fsp3) is 0.133. The molecule has 0 saturated carbocycles. The molecule has 0 unspecified atom stereocenters. The van der Waals surface area contributed by atoms with Crippen LogP contribution in [0, 0.1) is 22.1 Å². The van der Waals surface area contributed by atoms with Gasteiger partial charge in [0.2, 0.25) is 0 Å². The summed E-state index contributed by atoms with van der Waals surface area (Å²) < 4.78 is 38.3. The highest BCUT2D eigenvalue weighted by atomic mass is 127. The zero-order chi connectivity index (χ0) is 28.7. The highest BCUT2D eigenvalue weighted by Crippen LogP contribution is 2.35. The van der Waals surface area contributed by atoms with E-state index in [0.29, 0.717) is 20.6 Å². The molecule has 1 aliphatic rings. The number of hydrogen-bond donors (Lipinski definition) is 1. The van der Waals surface area contributed by atoms with Crippen molar-refractivity contribution in [3.63, 3.8) is 0 Å². The first-order chi connectivity index (χ1) is 19.1. The van der Waals surface area contributed by atoms with Gasteiger partial charge in [-0.25, -0.2) is 18.1 Å². The lowest BCUT2D eigenvalue weighted by Crippen LogP contribution is -2.45. The van der Waals surface area contributed by atoms with Crippen molar-refractivity contribution in [3.05, 3.63) is 132 Å². The maximum absolute atomic E-state index is 15.4. The molecule has 1 aliphatic heterocycles. The molecule has 0 amide bonds. The van der Waals surface area contributed by atoms with Crippen molar-refractivity contribution in [2.45, 2.75) is 13.5 Å². The van der Waals surface area contributed by atoms with Gasteiger partial charge in [-0.2, -0.15) is 0 Å². The number of anilines is 2. The second kappa shape index (κ2) is 10.8. The van der Waals surface area contributed by atoms with Gasteiger partial charge in [0.25, 0.3) is 5.56 Å². The molecular weight excluding hydrogens is 629 g/mol. The fourth-order valence-corrected chi connectivity index (χ4v) is 5.02. The van der Waals surface area contributed by atoms with Crippen molar-refractivity contribution in [3.8, 4) is 11.4 Å². The minimum absolute atomic E-state index is 0.0347. The minimum atomic E-state index is -0.734. The average Bonchev–Trinajstić information content (AvgIpc) is 2.92. The summed E-state index contributed by atoms with van der Waals surface area (Å²) in [4.78, 5) is 29.6. The number of nitrogens with one attached hydrogen (secondary N) is 1. The second-order valence-electron chi connectivity index (χ2n) is 9.37. The molecule has 3 aromatic carbocycles. The van der Waals surface area contributed by atoms with Crippen molar-refractivity contribution in [1.82, 2.24) is 9.13 Å². The van der Waals surface area contributed by atoms with E-state index < -0.39 is 22.9 Å². The number of methoxy groups -OCH3 is 1. The summed E-state index contributed by atoms with van der Waals surface area (Å²) >= 11 is 1.98. The van der Waals surface area contributed by atoms with Gasteiger partial charge in [-0.05, 0) is 89.2 Å². The van der Waals surface area contributed by atoms with Gasteiger partial charge in [0.05, 0.1) is 30.7 Å².